The molecule has 0 spiro atoms. The summed E-state index contributed by atoms with van der Waals surface area (Å²) in [6.45, 7) is 3.01. The van der Waals surface area contributed by atoms with E-state index in [2.05, 4.69) is 10.5 Å². The molecular weight excluding hydrogens is 216 g/mol. The van der Waals surface area contributed by atoms with Crippen LogP contribution in [0.15, 0.2) is 28.9 Å². The van der Waals surface area contributed by atoms with Crippen LogP contribution in [0.3, 0.4) is 0 Å². The van der Waals surface area contributed by atoms with Crippen LogP contribution >= 0.6 is 0 Å². The van der Waals surface area contributed by atoms with Crippen molar-refractivity contribution in [1.29, 1.82) is 0 Å². The van der Waals surface area contributed by atoms with Gasteiger partial charge in [0.1, 0.15) is 5.75 Å². The molecule has 90 valence electrons. The number of hydrogen-bond donors (Lipinski definition) is 1. The summed E-state index contributed by atoms with van der Waals surface area (Å²) in [4.78, 5) is 0. The summed E-state index contributed by atoms with van der Waals surface area (Å²) in [5.41, 5.74) is 0.785. The average molecular weight is 232 g/mol. The first-order chi connectivity index (χ1) is 8.42. The molecule has 1 aliphatic rings. The van der Waals surface area contributed by atoms with Crippen LogP contribution in [-0.2, 0) is 0 Å². The van der Waals surface area contributed by atoms with E-state index in [1.807, 2.05) is 18.2 Å². The van der Waals surface area contributed by atoms with Crippen LogP contribution in [-0.4, -0.2) is 24.9 Å². The Bertz CT molecular complexity index is 489. The molecule has 4 nitrogen and oxygen atoms in total. The minimum atomic E-state index is 0.668. The largest absolute Gasteiger partial charge is 0.493 e. The molecule has 0 aliphatic carbocycles. The van der Waals surface area contributed by atoms with E-state index in [0.29, 0.717) is 5.92 Å². The first-order valence-corrected chi connectivity index (χ1v) is 6.10. The van der Waals surface area contributed by atoms with Gasteiger partial charge in [-0.15, -0.1) is 0 Å². The predicted molar refractivity (Wildman–Crippen MR) is 65.1 cm³/mol. The van der Waals surface area contributed by atoms with Gasteiger partial charge in [0.2, 0.25) is 0 Å². The molecule has 1 aromatic carbocycles. The van der Waals surface area contributed by atoms with Crippen LogP contribution in [0.4, 0.5) is 0 Å². The normalized spacial score (nSPS) is 17.4. The Balaban J connectivity index is 1.63. The second kappa shape index (κ2) is 4.75. The van der Waals surface area contributed by atoms with Gasteiger partial charge in [-0.1, -0.05) is 5.16 Å². The lowest BCUT2D eigenvalue weighted by Crippen LogP contribution is -2.30. The second-order valence-corrected chi connectivity index (χ2v) is 4.53. The number of nitrogens with one attached hydrogen (secondary N) is 1. The zero-order chi connectivity index (χ0) is 11.5. The number of nitrogens with zero attached hydrogens (tertiary/aromatic N) is 1. The zero-order valence-corrected chi connectivity index (χ0v) is 9.69. The number of fused-ring (bicyclic) bond motifs is 1. The Morgan fingerprint density at radius 3 is 3.12 bits per heavy atom. The summed E-state index contributed by atoms with van der Waals surface area (Å²) in [6.07, 6.45) is 4.11. The van der Waals surface area contributed by atoms with Gasteiger partial charge in [0.25, 0.3) is 0 Å². The highest BCUT2D eigenvalue weighted by Crippen LogP contribution is 2.21. The van der Waals surface area contributed by atoms with Crippen molar-refractivity contribution in [2.24, 2.45) is 5.92 Å². The van der Waals surface area contributed by atoms with Crippen molar-refractivity contribution in [2.45, 2.75) is 12.8 Å². The van der Waals surface area contributed by atoms with E-state index in [9.17, 15) is 0 Å². The average Bonchev–Trinajstić information content (AvgIpc) is 2.85. The molecule has 1 saturated heterocycles. The minimum absolute atomic E-state index is 0.668. The van der Waals surface area contributed by atoms with Crippen molar-refractivity contribution < 1.29 is 9.26 Å². The predicted octanol–water partition coefficient (Wildman–Crippen LogP) is 2.21. The number of hydrogen-bond acceptors (Lipinski definition) is 4. The van der Waals surface area contributed by atoms with Crippen molar-refractivity contribution in [3.63, 3.8) is 0 Å². The number of ether oxygens (including phenoxy) is 1. The number of piperidine rings is 1. The van der Waals surface area contributed by atoms with Crippen LogP contribution in [0.25, 0.3) is 11.0 Å². The van der Waals surface area contributed by atoms with Gasteiger partial charge in [0.15, 0.2) is 5.58 Å². The van der Waals surface area contributed by atoms with Gasteiger partial charge in [-0.25, -0.2) is 0 Å². The highest BCUT2D eigenvalue weighted by atomic mass is 16.5. The van der Waals surface area contributed by atoms with E-state index < -0.39 is 0 Å². The molecule has 0 bridgehead atoms. The van der Waals surface area contributed by atoms with Crippen LogP contribution < -0.4 is 10.1 Å². The monoisotopic (exact) mass is 232 g/mol. The van der Waals surface area contributed by atoms with Crippen molar-refractivity contribution in [2.75, 3.05) is 19.7 Å². The molecule has 17 heavy (non-hydrogen) atoms. The van der Waals surface area contributed by atoms with Gasteiger partial charge in [-0.05, 0) is 44.0 Å². The van der Waals surface area contributed by atoms with Crippen molar-refractivity contribution in [1.82, 2.24) is 10.5 Å². The Morgan fingerprint density at radius 1 is 1.35 bits per heavy atom. The number of aromatic nitrogens is 1. The number of rotatable bonds is 3. The van der Waals surface area contributed by atoms with Gasteiger partial charge in [0, 0.05) is 11.5 Å². The zero-order valence-electron chi connectivity index (χ0n) is 9.69. The van der Waals surface area contributed by atoms with E-state index >= 15 is 0 Å². The molecule has 0 unspecified atom stereocenters. The molecular formula is C13H16N2O2. The van der Waals surface area contributed by atoms with E-state index in [0.717, 1.165) is 36.4 Å². The van der Waals surface area contributed by atoms with Gasteiger partial charge in [-0.3, -0.25) is 0 Å². The van der Waals surface area contributed by atoms with Crippen LogP contribution in [0.5, 0.6) is 5.75 Å². The topological polar surface area (TPSA) is 47.3 Å². The van der Waals surface area contributed by atoms with Crippen LogP contribution in [0.1, 0.15) is 12.8 Å². The maximum atomic E-state index is 5.81. The Hall–Kier alpha value is -1.55. The maximum absolute atomic E-state index is 5.81. The fraction of sp³-hybridized carbons (Fsp3) is 0.462. The van der Waals surface area contributed by atoms with E-state index in [1.165, 1.54) is 12.8 Å². The molecule has 0 atom stereocenters. The van der Waals surface area contributed by atoms with Crippen molar-refractivity contribution in [3.8, 4) is 5.75 Å². The molecule has 4 heteroatoms. The smallest absolute Gasteiger partial charge is 0.170 e. The van der Waals surface area contributed by atoms with E-state index in [4.69, 9.17) is 9.26 Å². The summed E-state index contributed by atoms with van der Waals surface area (Å²) in [6, 6.07) is 5.85. The molecule has 2 aromatic rings. The highest BCUT2D eigenvalue weighted by molar-refractivity contribution is 5.77. The summed E-state index contributed by atoms with van der Waals surface area (Å²) in [5.74, 6) is 1.54. The fourth-order valence-corrected chi connectivity index (χ4v) is 2.19. The molecule has 2 heterocycles. The van der Waals surface area contributed by atoms with E-state index in [-0.39, 0.29) is 0 Å². The lowest BCUT2D eigenvalue weighted by molar-refractivity contribution is 0.215. The van der Waals surface area contributed by atoms with Gasteiger partial charge in [0.05, 0.1) is 12.8 Å². The first-order valence-electron chi connectivity index (χ1n) is 6.10. The Labute approximate surface area is 99.9 Å². The molecule has 3 rings (SSSR count). The van der Waals surface area contributed by atoms with Crippen LogP contribution in [0, 0.1) is 5.92 Å². The standard InChI is InChI=1S/C13H16N2O2/c1-2-12(7-13-11(1)8-15-17-13)16-9-10-3-5-14-6-4-10/h1-2,7-8,10,14H,3-6,9H2. The third-order valence-corrected chi connectivity index (χ3v) is 3.27. The Kier molecular flexibility index (Phi) is 2.96. The van der Waals surface area contributed by atoms with Gasteiger partial charge >= 0.3 is 0 Å². The first kappa shape index (κ1) is 10.6. The van der Waals surface area contributed by atoms with Crippen LogP contribution in [0.2, 0.25) is 0 Å². The molecule has 1 aliphatic heterocycles. The third-order valence-electron chi connectivity index (χ3n) is 3.27. The molecule has 0 saturated carbocycles. The second-order valence-electron chi connectivity index (χ2n) is 4.53. The fourth-order valence-electron chi connectivity index (χ4n) is 2.19. The summed E-state index contributed by atoms with van der Waals surface area (Å²) in [5, 5.41) is 8.12. The minimum Gasteiger partial charge on any atom is -0.493 e. The highest BCUT2D eigenvalue weighted by Gasteiger charge is 2.13. The van der Waals surface area contributed by atoms with Gasteiger partial charge < -0.3 is 14.6 Å². The molecule has 1 N–H and O–H groups in total. The quantitative estimate of drug-likeness (QED) is 0.881. The number of benzene rings is 1. The third kappa shape index (κ3) is 2.42. The maximum Gasteiger partial charge on any atom is 0.170 e. The Morgan fingerprint density at radius 2 is 2.24 bits per heavy atom. The summed E-state index contributed by atoms with van der Waals surface area (Å²) < 4.78 is 10.9. The lowest BCUT2D eigenvalue weighted by atomic mass is 9.99. The van der Waals surface area contributed by atoms with Gasteiger partial charge in [-0.2, -0.15) is 0 Å². The lowest BCUT2D eigenvalue weighted by Gasteiger charge is -2.22. The SMILES string of the molecule is c1cc2cnoc2cc1OCC1CCNCC1. The van der Waals surface area contributed by atoms with Crippen molar-refractivity contribution in [3.05, 3.63) is 24.4 Å². The molecule has 1 aromatic heterocycles. The summed E-state index contributed by atoms with van der Waals surface area (Å²) >= 11 is 0. The molecule has 0 radical (unpaired) electrons. The molecule has 0 amide bonds. The summed E-state index contributed by atoms with van der Waals surface area (Å²) in [7, 11) is 0. The van der Waals surface area contributed by atoms with Crippen molar-refractivity contribution >= 4 is 11.0 Å². The van der Waals surface area contributed by atoms with E-state index in [1.54, 1.807) is 6.20 Å². The molecule has 1 fully saturated rings.